The average molecular weight is 405 g/mol. The predicted molar refractivity (Wildman–Crippen MR) is 114 cm³/mol. The van der Waals surface area contributed by atoms with Gasteiger partial charge >= 0.3 is 0 Å². The number of hydrogen-bond donors (Lipinski definition) is 1. The molecule has 146 valence electrons. The summed E-state index contributed by atoms with van der Waals surface area (Å²) < 4.78 is 14.8. The number of rotatable bonds is 5. The molecule has 0 spiro atoms. The van der Waals surface area contributed by atoms with E-state index in [-0.39, 0.29) is 12.3 Å². The molecular weight excluding hydrogens is 385 g/mol. The standard InChI is InChI=1S/C24H20FNO2S/c1-29-18-13-11-16(12-14-18)15-26-22(19-9-5-6-10-20(19)25)21(23(27)24(26)28)17-7-3-2-4-8-17/h2-14,22,27H,15H2,1H3/t22-/m0/s1. The van der Waals surface area contributed by atoms with Crippen molar-refractivity contribution in [2.45, 2.75) is 17.5 Å². The van der Waals surface area contributed by atoms with Crippen LogP contribution in [-0.4, -0.2) is 22.2 Å². The van der Waals surface area contributed by atoms with Crippen LogP contribution in [0.3, 0.4) is 0 Å². The number of hydrogen-bond acceptors (Lipinski definition) is 3. The number of carbonyl (C=O) groups is 1. The predicted octanol–water partition coefficient (Wildman–Crippen LogP) is 5.60. The molecule has 4 rings (SSSR count). The summed E-state index contributed by atoms with van der Waals surface area (Å²) in [4.78, 5) is 15.7. The van der Waals surface area contributed by atoms with Crippen molar-refractivity contribution in [2.75, 3.05) is 6.26 Å². The number of thioether (sulfide) groups is 1. The molecule has 3 aromatic rings. The Morgan fingerprint density at radius 3 is 2.28 bits per heavy atom. The molecule has 3 aromatic carbocycles. The van der Waals surface area contributed by atoms with Crippen LogP contribution >= 0.6 is 11.8 Å². The lowest BCUT2D eigenvalue weighted by Crippen LogP contribution is -2.30. The molecule has 0 aromatic heterocycles. The highest BCUT2D eigenvalue weighted by molar-refractivity contribution is 7.98. The zero-order valence-electron chi connectivity index (χ0n) is 15.9. The van der Waals surface area contributed by atoms with Crippen LogP contribution in [0.15, 0.2) is 89.5 Å². The van der Waals surface area contributed by atoms with Crippen molar-refractivity contribution in [3.63, 3.8) is 0 Å². The van der Waals surface area contributed by atoms with Gasteiger partial charge in [-0.15, -0.1) is 11.8 Å². The fourth-order valence-corrected chi connectivity index (χ4v) is 4.09. The largest absolute Gasteiger partial charge is 0.503 e. The number of aliphatic hydroxyl groups is 1. The third kappa shape index (κ3) is 3.66. The number of halogens is 1. The SMILES string of the molecule is CSc1ccc(CN2C(=O)C(O)=C(c3ccccc3)[C@@H]2c2ccccc2F)cc1. The second kappa shape index (κ2) is 8.13. The van der Waals surface area contributed by atoms with Crippen molar-refractivity contribution in [3.05, 3.63) is 107 Å². The highest BCUT2D eigenvalue weighted by atomic mass is 32.2. The first-order valence-electron chi connectivity index (χ1n) is 9.27. The van der Waals surface area contributed by atoms with Gasteiger partial charge in [0.05, 0.1) is 6.04 Å². The van der Waals surface area contributed by atoms with Crippen LogP contribution in [0.4, 0.5) is 4.39 Å². The topological polar surface area (TPSA) is 40.5 Å². The van der Waals surface area contributed by atoms with Gasteiger partial charge in [0, 0.05) is 22.6 Å². The van der Waals surface area contributed by atoms with Crippen LogP contribution in [-0.2, 0) is 11.3 Å². The first-order valence-corrected chi connectivity index (χ1v) is 10.5. The smallest absolute Gasteiger partial charge is 0.290 e. The summed E-state index contributed by atoms with van der Waals surface area (Å²) >= 11 is 1.64. The minimum Gasteiger partial charge on any atom is -0.503 e. The van der Waals surface area contributed by atoms with Crippen LogP contribution in [0.25, 0.3) is 5.57 Å². The monoisotopic (exact) mass is 405 g/mol. The Bertz CT molecular complexity index is 1060. The molecule has 0 aliphatic carbocycles. The highest BCUT2D eigenvalue weighted by Gasteiger charge is 2.41. The Kier molecular flexibility index (Phi) is 5.41. The van der Waals surface area contributed by atoms with Gasteiger partial charge in [-0.1, -0.05) is 60.7 Å². The van der Waals surface area contributed by atoms with Gasteiger partial charge in [0.2, 0.25) is 0 Å². The fourth-order valence-electron chi connectivity index (χ4n) is 3.68. The van der Waals surface area contributed by atoms with Crippen LogP contribution in [0.1, 0.15) is 22.7 Å². The van der Waals surface area contributed by atoms with E-state index in [4.69, 9.17) is 0 Å². The second-order valence-corrected chi connectivity index (χ2v) is 7.71. The third-order valence-electron chi connectivity index (χ3n) is 5.10. The van der Waals surface area contributed by atoms with Crippen molar-refractivity contribution >= 4 is 23.2 Å². The van der Waals surface area contributed by atoms with E-state index in [0.29, 0.717) is 16.7 Å². The number of nitrogens with zero attached hydrogens (tertiary/aromatic N) is 1. The molecule has 1 heterocycles. The summed E-state index contributed by atoms with van der Waals surface area (Å²) in [5.41, 5.74) is 2.41. The van der Waals surface area contributed by atoms with Crippen LogP contribution < -0.4 is 0 Å². The molecule has 0 unspecified atom stereocenters. The Morgan fingerprint density at radius 1 is 0.966 bits per heavy atom. The minimum absolute atomic E-state index is 0.271. The first kappa shape index (κ1) is 19.3. The van der Waals surface area contributed by atoms with E-state index < -0.39 is 17.8 Å². The molecule has 5 heteroatoms. The summed E-state index contributed by atoms with van der Waals surface area (Å²) in [5.74, 6) is -1.23. The van der Waals surface area contributed by atoms with E-state index in [2.05, 4.69) is 0 Å². The zero-order valence-corrected chi connectivity index (χ0v) is 16.7. The Labute approximate surface area is 173 Å². The van der Waals surface area contributed by atoms with E-state index in [0.717, 1.165) is 10.5 Å². The zero-order chi connectivity index (χ0) is 20.4. The maximum absolute atomic E-state index is 14.8. The highest BCUT2D eigenvalue weighted by Crippen LogP contribution is 2.44. The lowest BCUT2D eigenvalue weighted by atomic mass is 9.93. The Balaban J connectivity index is 1.79. The second-order valence-electron chi connectivity index (χ2n) is 6.83. The van der Waals surface area contributed by atoms with E-state index >= 15 is 0 Å². The van der Waals surface area contributed by atoms with Crippen LogP contribution in [0.5, 0.6) is 0 Å². The van der Waals surface area contributed by atoms with Gasteiger partial charge < -0.3 is 10.0 Å². The van der Waals surface area contributed by atoms with Gasteiger partial charge in [0.25, 0.3) is 5.91 Å². The van der Waals surface area contributed by atoms with E-state index in [9.17, 15) is 14.3 Å². The molecule has 29 heavy (non-hydrogen) atoms. The molecule has 1 amide bonds. The quantitative estimate of drug-likeness (QED) is 0.562. The van der Waals surface area contributed by atoms with Gasteiger partial charge in [0.15, 0.2) is 5.76 Å². The Hall–Kier alpha value is -3.05. The number of benzene rings is 3. The van der Waals surface area contributed by atoms with Crippen molar-refractivity contribution in [1.29, 1.82) is 0 Å². The molecule has 3 nitrogen and oxygen atoms in total. The summed E-state index contributed by atoms with van der Waals surface area (Å²) in [6.45, 7) is 0.271. The summed E-state index contributed by atoms with van der Waals surface area (Å²) in [7, 11) is 0. The maximum atomic E-state index is 14.8. The number of amides is 1. The van der Waals surface area contributed by atoms with E-state index in [1.807, 2.05) is 60.9 Å². The average Bonchev–Trinajstić information content (AvgIpc) is 3.00. The lowest BCUT2D eigenvalue weighted by molar-refractivity contribution is -0.130. The van der Waals surface area contributed by atoms with Crippen molar-refractivity contribution < 1.29 is 14.3 Å². The summed E-state index contributed by atoms with van der Waals surface area (Å²) in [5, 5.41) is 10.7. The molecule has 1 aliphatic heterocycles. The normalized spacial score (nSPS) is 16.6. The minimum atomic E-state index is -0.702. The summed E-state index contributed by atoms with van der Waals surface area (Å²) in [6, 6.07) is 22.8. The third-order valence-corrected chi connectivity index (χ3v) is 5.84. The van der Waals surface area contributed by atoms with Crippen molar-refractivity contribution in [2.24, 2.45) is 0 Å². The molecular formula is C24H20FNO2S. The molecule has 1 N–H and O–H groups in total. The molecule has 0 fully saturated rings. The van der Waals surface area contributed by atoms with Crippen molar-refractivity contribution in [1.82, 2.24) is 4.90 Å². The van der Waals surface area contributed by atoms with Crippen LogP contribution in [0.2, 0.25) is 0 Å². The van der Waals surface area contributed by atoms with Gasteiger partial charge in [-0.05, 0) is 35.6 Å². The molecule has 0 bridgehead atoms. The van der Waals surface area contributed by atoms with Gasteiger partial charge in [0.1, 0.15) is 5.82 Å². The van der Waals surface area contributed by atoms with Crippen LogP contribution in [0, 0.1) is 5.82 Å². The Morgan fingerprint density at radius 2 is 1.62 bits per heavy atom. The molecule has 0 radical (unpaired) electrons. The fraction of sp³-hybridized carbons (Fsp3) is 0.125. The first-order chi connectivity index (χ1) is 14.1. The summed E-state index contributed by atoms with van der Waals surface area (Å²) in [6.07, 6.45) is 2.00. The molecule has 1 atom stereocenters. The van der Waals surface area contributed by atoms with Gasteiger partial charge in [-0.2, -0.15) is 0 Å². The molecule has 0 saturated heterocycles. The molecule has 1 aliphatic rings. The number of carbonyl (C=O) groups excluding carboxylic acids is 1. The van der Waals surface area contributed by atoms with E-state index in [1.165, 1.54) is 11.0 Å². The number of aliphatic hydroxyl groups excluding tert-OH is 1. The van der Waals surface area contributed by atoms with Gasteiger partial charge in [-0.3, -0.25) is 4.79 Å². The van der Waals surface area contributed by atoms with Gasteiger partial charge in [-0.25, -0.2) is 4.39 Å². The van der Waals surface area contributed by atoms with E-state index in [1.54, 1.807) is 30.0 Å². The lowest BCUT2D eigenvalue weighted by Gasteiger charge is -2.28. The van der Waals surface area contributed by atoms with Crippen molar-refractivity contribution in [3.8, 4) is 0 Å². The molecule has 0 saturated carbocycles. The maximum Gasteiger partial charge on any atom is 0.290 e.